The van der Waals surface area contributed by atoms with E-state index in [1.54, 1.807) is 0 Å². The van der Waals surface area contributed by atoms with Crippen LogP contribution >= 0.6 is 0 Å². The van der Waals surface area contributed by atoms with Gasteiger partial charge in [-0.3, -0.25) is 9.59 Å². The van der Waals surface area contributed by atoms with Crippen LogP contribution in [-0.2, 0) is 16.1 Å². The number of benzene rings is 1. The molecule has 27 heavy (non-hydrogen) atoms. The summed E-state index contributed by atoms with van der Waals surface area (Å²) in [5.74, 6) is 0.658. The zero-order chi connectivity index (χ0) is 19.0. The van der Waals surface area contributed by atoms with Crippen LogP contribution in [0.1, 0.15) is 43.6 Å². The molecule has 1 amide bonds. The number of likely N-dealkylation sites (tertiary alicyclic amines) is 1. The molecule has 0 radical (unpaired) electrons. The fraction of sp³-hybridized carbons (Fsp3) is 0.524. The molecule has 1 aromatic heterocycles. The van der Waals surface area contributed by atoms with Crippen LogP contribution in [0.15, 0.2) is 24.3 Å². The van der Waals surface area contributed by atoms with Gasteiger partial charge in [-0.15, -0.1) is 0 Å². The van der Waals surface area contributed by atoms with Crippen LogP contribution in [0.3, 0.4) is 0 Å². The summed E-state index contributed by atoms with van der Waals surface area (Å²) in [7, 11) is 0. The van der Waals surface area contributed by atoms with Crippen LogP contribution in [0.2, 0.25) is 0 Å². The molecular formula is C21H26N2O4. The fourth-order valence-corrected chi connectivity index (χ4v) is 4.13. The Morgan fingerprint density at radius 2 is 2.00 bits per heavy atom. The molecule has 4 rings (SSSR count). The van der Waals surface area contributed by atoms with Gasteiger partial charge in [0, 0.05) is 18.5 Å². The smallest absolute Gasteiger partial charge is 0.309 e. The molecule has 2 aromatic rings. The van der Waals surface area contributed by atoms with E-state index in [0.29, 0.717) is 44.8 Å². The number of piperidine rings is 1. The predicted molar refractivity (Wildman–Crippen MR) is 102 cm³/mol. The van der Waals surface area contributed by atoms with Crippen molar-refractivity contribution in [3.05, 3.63) is 30.0 Å². The van der Waals surface area contributed by atoms with Crippen molar-refractivity contribution in [3.8, 4) is 5.75 Å². The number of ether oxygens (including phenoxy) is 2. The average Bonchev–Trinajstić information content (AvgIpc) is 3.07. The standard InChI is InChI=1S/C21H26N2O4/c1-3-16-13-23-17(12-15-6-5-7-18(27-16)19(15)23)20(24)22-10-8-14(9-11-22)21(25)26-4-2/h5-7,12,14,16H,3-4,8-11,13H2,1-2H3. The lowest BCUT2D eigenvalue weighted by molar-refractivity contribution is -0.149. The van der Waals surface area contributed by atoms with E-state index in [9.17, 15) is 9.59 Å². The molecule has 6 nitrogen and oxygen atoms in total. The molecule has 0 N–H and O–H groups in total. The Morgan fingerprint density at radius 3 is 2.70 bits per heavy atom. The van der Waals surface area contributed by atoms with Gasteiger partial charge in [-0.2, -0.15) is 0 Å². The maximum atomic E-state index is 13.2. The monoisotopic (exact) mass is 370 g/mol. The molecule has 0 aliphatic carbocycles. The number of carbonyl (C=O) groups excluding carboxylic acids is 2. The van der Waals surface area contributed by atoms with Gasteiger partial charge >= 0.3 is 5.97 Å². The van der Waals surface area contributed by atoms with Crippen molar-refractivity contribution in [1.82, 2.24) is 9.47 Å². The van der Waals surface area contributed by atoms with Gasteiger partial charge in [-0.25, -0.2) is 0 Å². The van der Waals surface area contributed by atoms with Crippen molar-refractivity contribution in [2.24, 2.45) is 5.92 Å². The van der Waals surface area contributed by atoms with Gasteiger partial charge in [0.1, 0.15) is 17.5 Å². The molecule has 1 unspecified atom stereocenters. The second-order valence-electron chi connectivity index (χ2n) is 7.30. The van der Waals surface area contributed by atoms with Crippen LogP contribution in [0.5, 0.6) is 5.75 Å². The van der Waals surface area contributed by atoms with Crippen LogP contribution in [0.4, 0.5) is 0 Å². The first-order valence-corrected chi connectivity index (χ1v) is 9.87. The number of hydrogen-bond acceptors (Lipinski definition) is 4. The lowest BCUT2D eigenvalue weighted by atomic mass is 9.97. The summed E-state index contributed by atoms with van der Waals surface area (Å²) < 4.78 is 13.3. The summed E-state index contributed by atoms with van der Waals surface area (Å²) in [6, 6.07) is 7.94. The molecule has 0 saturated carbocycles. The third kappa shape index (κ3) is 3.17. The Bertz CT molecular complexity index is 864. The number of amides is 1. The highest BCUT2D eigenvalue weighted by atomic mass is 16.5. The molecule has 1 fully saturated rings. The number of carbonyl (C=O) groups is 2. The summed E-state index contributed by atoms with van der Waals surface area (Å²) in [4.78, 5) is 27.0. The fourth-order valence-electron chi connectivity index (χ4n) is 4.13. The Morgan fingerprint density at radius 1 is 1.22 bits per heavy atom. The van der Waals surface area contributed by atoms with Crippen molar-refractivity contribution >= 4 is 22.8 Å². The molecule has 3 heterocycles. The van der Waals surface area contributed by atoms with Crippen molar-refractivity contribution in [1.29, 1.82) is 0 Å². The molecule has 2 aliphatic heterocycles. The lowest BCUT2D eigenvalue weighted by Gasteiger charge is -2.32. The summed E-state index contributed by atoms with van der Waals surface area (Å²) >= 11 is 0. The van der Waals surface area contributed by atoms with E-state index in [4.69, 9.17) is 9.47 Å². The molecular weight excluding hydrogens is 344 g/mol. The van der Waals surface area contributed by atoms with Crippen LogP contribution in [-0.4, -0.2) is 47.1 Å². The average molecular weight is 370 g/mol. The molecule has 144 valence electrons. The molecule has 1 atom stereocenters. The van der Waals surface area contributed by atoms with Gasteiger partial charge in [0.25, 0.3) is 5.91 Å². The predicted octanol–water partition coefficient (Wildman–Crippen LogP) is 3.23. The first-order chi connectivity index (χ1) is 13.1. The van der Waals surface area contributed by atoms with Crippen LogP contribution in [0, 0.1) is 5.92 Å². The van der Waals surface area contributed by atoms with E-state index in [1.165, 1.54) is 0 Å². The Balaban J connectivity index is 1.56. The summed E-state index contributed by atoms with van der Waals surface area (Å²) in [6.45, 7) is 6.19. The van der Waals surface area contributed by atoms with Crippen LogP contribution < -0.4 is 4.74 Å². The second kappa shape index (κ2) is 7.25. The van der Waals surface area contributed by atoms with E-state index >= 15 is 0 Å². The van der Waals surface area contributed by atoms with E-state index in [-0.39, 0.29) is 23.9 Å². The highest BCUT2D eigenvalue weighted by molar-refractivity contribution is 6.00. The van der Waals surface area contributed by atoms with Crippen molar-refractivity contribution in [3.63, 3.8) is 0 Å². The minimum absolute atomic E-state index is 0.0382. The lowest BCUT2D eigenvalue weighted by Crippen LogP contribution is -2.41. The normalized spacial score (nSPS) is 19.8. The first kappa shape index (κ1) is 17.9. The SMILES string of the molecule is CCOC(=O)C1CCN(C(=O)c2cc3cccc4c3n2CC(CC)O4)CC1. The van der Waals surface area contributed by atoms with Crippen molar-refractivity contribution < 1.29 is 19.1 Å². The largest absolute Gasteiger partial charge is 0.486 e. The quantitative estimate of drug-likeness (QED) is 0.776. The number of aromatic nitrogens is 1. The Hall–Kier alpha value is -2.50. The first-order valence-electron chi connectivity index (χ1n) is 9.87. The maximum absolute atomic E-state index is 13.2. The van der Waals surface area contributed by atoms with Gasteiger partial charge in [0.2, 0.25) is 0 Å². The zero-order valence-corrected chi connectivity index (χ0v) is 15.9. The Labute approximate surface area is 159 Å². The Kier molecular flexibility index (Phi) is 4.81. The molecule has 0 bridgehead atoms. The highest BCUT2D eigenvalue weighted by Crippen LogP contribution is 2.35. The van der Waals surface area contributed by atoms with Gasteiger partial charge in [-0.05, 0) is 38.3 Å². The molecule has 2 aliphatic rings. The van der Waals surface area contributed by atoms with Gasteiger partial charge < -0.3 is 18.9 Å². The summed E-state index contributed by atoms with van der Waals surface area (Å²) in [5, 5.41) is 1.03. The number of rotatable bonds is 4. The van der Waals surface area contributed by atoms with E-state index in [2.05, 4.69) is 11.5 Å². The van der Waals surface area contributed by atoms with E-state index in [1.807, 2.05) is 36.1 Å². The number of nitrogens with zero attached hydrogens (tertiary/aromatic N) is 2. The summed E-state index contributed by atoms with van der Waals surface area (Å²) in [5.41, 5.74) is 1.72. The molecule has 1 aromatic carbocycles. The minimum atomic E-state index is -0.138. The number of hydrogen-bond donors (Lipinski definition) is 0. The summed E-state index contributed by atoms with van der Waals surface area (Å²) in [6.07, 6.45) is 2.30. The maximum Gasteiger partial charge on any atom is 0.309 e. The topological polar surface area (TPSA) is 60.8 Å². The second-order valence-corrected chi connectivity index (χ2v) is 7.30. The highest BCUT2D eigenvalue weighted by Gasteiger charge is 2.32. The molecule has 1 saturated heterocycles. The third-order valence-electron chi connectivity index (χ3n) is 5.64. The van der Waals surface area contributed by atoms with Gasteiger partial charge in [0.05, 0.1) is 24.6 Å². The van der Waals surface area contributed by atoms with E-state index in [0.717, 1.165) is 23.1 Å². The van der Waals surface area contributed by atoms with Crippen molar-refractivity contribution in [2.75, 3.05) is 19.7 Å². The number of esters is 1. The van der Waals surface area contributed by atoms with E-state index < -0.39 is 0 Å². The van der Waals surface area contributed by atoms with Crippen LogP contribution in [0.25, 0.3) is 10.9 Å². The third-order valence-corrected chi connectivity index (χ3v) is 5.64. The molecule has 6 heteroatoms. The molecule has 0 spiro atoms. The van der Waals surface area contributed by atoms with Gasteiger partial charge in [-0.1, -0.05) is 19.1 Å². The van der Waals surface area contributed by atoms with Gasteiger partial charge in [0.15, 0.2) is 0 Å². The zero-order valence-electron chi connectivity index (χ0n) is 15.9. The minimum Gasteiger partial charge on any atom is -0.486 e. The number of para-hydroxylation sites is 1. The van der Waals surface area contributed by atoms with Crippen molar-refractivity contribution in [2.45, 2.75) is 45.8 Å².